The van der Waals surface area contributed by atoms with Crippen molar-refractivity contribution in [2.45, 2.75) is 39.2 Å². The number of likely N-dealkylation sites (N-methyl/N-ethyl adjacent to an activating group) is 1. The molecule has 0 spiro atoms. The normalized spacial score (nSPS) is 18.1. The molecule has 1 aliphatic rings. The van der Waals surface area contributed by atoms with Gasteiger partial charge in [-0.1, -0.05) is 19.1 Å². The van der Waals surface area contributed by atoms with Gasteiger partial charge in [-0.25, -0.2) is 0 Å². The third kappa shape index (κ3) is 5.13. The Balaban J connectivity index is 0.00000243. The van der Waals surface area contributed by atoms with E-state index in [-0.39, 0.29) is 24.0 Å². The maximum Gasteiger partial charge on any atom is 0.191 e. The number of hydrogen-bond donors (Lipinski definition) is 3. The highest BCUT2D eigenvalue weighted by molar-refractivity contribution is 14.0. The number of hydrogen-bond acceptors (Lipinski definition) is 2. The van der Waals surface area contributed by atoms with Gasteiger partial charge in [-0.15, -0.1) is 24.0 Å². The number of rotatable bonds is 6. The molecule has 144 valence electrons. The van der Waals surface area contributed by atoms with E-state index in [1.807, 2.05) is 7.05 Å². The first-order valence-electron chi connectivity index (χ1n) is 9.46. The lowest BCUT2D eigenvalue weighted by Crippen LogP contribution is -2.45. The third-order valence-corrected chi connectivity index (χ3v) is 5.24. The quantitative estimate of drug-likeness (QED) is 0.346. The number of nitrogens with one attached hydrogen (secondary N) is 3. The molecule has 3 rings (SSSR count). The molecule has 0 radical (unpaired) electrons. The van der Waals surface area contributed by atoms with E-state index < -0.39 is 0 Å². The first-order valence-corrected chi connectivity index (χ1v) is 9.46. The van der Waals surface area contributed by atoms with Crippen molar-refractivity contribution in [2.75, 3.05) is 33.2 Å². The standard InChI is InChI=1S/C20H31N5.HI/c1-4-25-11-5-6-17(25)14-24-20(21-3)22-10-9-16-13-23-19-12-15(2)7-8-18(16)19;/h7-8,12-13,17,23H,4-6,9-11,14H2,1-3H3,(H2,21,22,24);1H. The molecule has 26 heavy (non-hydrogen) atoms. The van der Waals surface area contributed by atoms with Crippen molar-refractivity contribution in [3.8, 4) is 0 Å². The minimum atomic E-state index is 0. The van der Waals surface area contributed by atoms with Gasteiger partial charge in [0.1, 0.15) is 0 Å². The monoisotopic (exact) mass is 469 g/mol. The van der Waals surface area contributed by atoms with Gasteiger partial charge in [0.05, 0.1) is 0 Å². The molecule has 1 atom stereocenters. The van der Waals surface area contributed by atoms with Gasteiger partial charge in [-0.05, 0) is 56.5 Å². The maximum atomic E-state index is 4.36. The van der Waals surface area contributed by atoms with Crippen LogP contribution in [0.1, 0.15) is 30.9 Å². The summed E-state index contributed by atoms with van der Waals surface area (Å²) in [7, 11) is 1.84. The van der Waals surface area contributed by atoms with Crippen molar-refractivity contribution >= 4 is 40.8 Å². The summed E-state index contributed by atoms with van der Waals surface area (Å²) in [6.45, 7) is 8.59. The molecule has 0 saturated carbocycles. The van der Waals surface area contributed by atoms with Crippen LogP contribution in [0.15, 0.2) is 29.4 Å². The zero-order chi connectivity index (χ0) is 17.6. The van der Waals surface area contributed by atoms with Gasteiger partial charge in [-0.3, -0.25) is 9.89 Å². The second-order valence-corrected chi connectivity index (χ2v) is 6.92. The minimum Gasteiger partial charge on any atom is -0.361 e. The lowest BCUT2D eigenvalue weighted by atomic mass is 10.1. The van der Waals surface area contributed by atoms with Gasteiger partial charge >= 0.3 is 0 Å². The molecule has 5 nitrogen and oxygen atoms in total. The minimum absolute atomic E-state index is 0. The molecule has 0 aliphatic carbocycles. The molecular weight excluding hydrogens is 437 g/mol. The summed E-state index contributed by atoms with van der Waals surface area (Å²) in [6, 6.07) is 7.23. The highest BCUT2D eigenvalue weighted by Crippen LogP contribution is 2.19. The Bertz CT molecular complexity index is 724. The highest BCUT2D eigenvalue weighted by Gasteiger charge is 2.22. The zero-order valence-corrected chi connectivity index (χ0v) is 18.5. The molecule has 1 unspecified atom stereocenters. The predicted molar refractivity (Wildman–Crippen MR) is 122 cm³/mol. The molecule has 0 amide bonds. The number of fused-ring (bicyclic) bond motifs is 1. The van der Waals surface area contributed by atoms with Crippen molar-refractivity contribution < 1.29 is 0 Å². The fraction of sp³-hybridized carbons (Fsp3) is 0.550. The van der Waals surface area contributed by atoms with Crippen LogP contribution in [0, 0.1) is 6.92 Å². The van der Waals surface area contributed by atoms with Gasteiger partial charge < -0.3 is 15.6 Å². The molecule has 2 heterocycles. The molecule has 1 aromatic heterocycles. The molecule has 0 bridgehead atoms. The van der Waals surface area contributed by atoms with E-state index in [4.69, 9.17) is 0 Å². The molecule has 1 aromatic carbocycles. The summed E-state index contributed by atoms with van der Waals surface area (Å²) in [5.41, 5.74) is 3.86. The average molecular weight is 469 g/mol. The van der Waals surface area contributed by atoms with Crippen molar-refractivity contribution in [2.24, 2.45) is 4.99 Å². The Morgan fingerprint density at radius 2 is 2.19 bits per heavy atom. The number of aryl methyl sites for hydroxylation is 1. The third-order valence-electron chi connectivity index (χ3n) is 5.24. The Hall–Kier alpha value is -1.28. The van der Waals surface area contributed by atoms with Crippen molar-refractivity contribution in [3.63, 3.8) is 0 Å². The van der Waals surface area contributed by atoms with Gasteiger partial charge in [0.2, 0.25) is 0 Å². The van der Waals surface area contributed by atoms with Crippen LogP contribution in [0.3, 0.4) is 0 Å². The smallest absolute Gasteiger partial charge is 0.191 e. The molecule has 3 N–H and O–H groups in total. The second-order valence-electron chi connectivity index (χ2n) is 6.92. The lowest BCUT2D eigenvalue weighted by molar-refractivity contribution is 0.267. The topological polar surface area (TPSA) is 55.4 Å². The van der Waals surface area contributed by atoms with E-state index >= 15 is 0 Å². The fourth-order valence-corrected chi connectivity index (χ4v) is 3.80. The van der Waals surface area contributed by atoms with Gasteiger partial charge in [0, 0.05) is 43.3 Å². The number of guanidine groups is 1. The Morgan fingerprint density at radius 1 is 1.35 bits per heavy atom. The number of aromatic amines is 1. The first-order chi connectivity index (χ1) is 12.2. The van der Waals surface area contributed by atoms with E-state index in [9.17, 15) is 0 Å². The van der Waals surface area contributed by atoms with Gasteiger partial charge in [-0.2, -0.15) is 0 Å². The van der Waals surface area contributed by atoms with E-state index in [1.165, 1.54) is 41.4 Å². The molecular formula is C20H32IN5. The molecule has 1 saturated heterocycles. The largest absolute Gasteiger partial charge is 0.361 e. The van der Waals surface area contributed by atoms with E-state index in [1.54, 1.807) is 0 Å². The SMILES string of the molecule is CCN1CCCC1CNC(=NC)NCCc1c[nH]c2cc(C)ccc12.I. The maximum absolute atomic E-state index is 4.36. The summed E-state index contributed by atoms with van der Waals surface area (Å²) in [5, 5.41) is 8.26. The van der Waals surface area contributed by atoms with Crippen LogP contribution < -0.4 is 10.6 Å². The van der Waals surface area contributed by atoms with Crippen LogP contribution in [-0.2, 0) is 6.42 Å². The summed E-state index contributed by atoms with van der Waals surface area (Å²) in [6.07, 6.45) is 5.70. The highest BCUT2D eigenvalue weighted by atomic mass is 127. The number of nitrogens with zero attached hydrogens (tertiary/aromatic N) is 2. The molecule has 1 aliphatic heterocycles. The number of likely N-dealkylation sites (tertiary alicyclic amines) is 1. The van der Waals surface area contributed by atoms with Crippen molar-refractivity contribution in [3.05, 3.63) is 35.5 Å². The number of aromatic nitrogens is 1. The van der Waals surface area contributed by atoms with Gasteiger partial charge in [0.25, 0.3) is 0 Å². The average Bonchev–Trinajstić information content (AvgIpc) is 3.24. The summed E-state index contributed by atoms with van der Waals surface area (Å²) >= 11 is 0. The number of benzene rings is 1. The van der Waals surface area contributed by atoms with Crippen LogP contribution in [0.4, 0.5) is 0 Å². The Kier molecular flexibility index (Phi) is 8.21. The number of aliphatic imine (C=N–C) groups is 1. The molecule has 6 heteroatoms. The molecule has 2 aromatic rings. The summed E-state index contributed by atoms with van der Waals surface area (Å²) in [5.74, 6) is 0.902. The van der Waals surface area contributed by atoms with E-state index in [0.29, 0.717) is 6.04 Å². The zero-order valence-electron chi connectivity index (χ0n) is 16.1. The van der Waals surface area contributed by atoms with E-state index in [0.717, 1.165) is 32.0 Å². The lowest BCUT2D eigenvalue weighted by Gasteiger charge is -2.23. The fourth-order valence-electron chi connectivity index (χ4n) is 3.80. The first kappa shape index (κ1) is 21.0. The second kappa shape index (κ2) is 10.2. The molecule has 1 fully saturated rings. The Labute approximate surface area is 174 Å². The van der Waals surface area contributed by atoms with Crippen LogP contribution in [0.25, 0.3) is 10.9 Å². The van der Waals surface area contributed by atoms with Crippen molar-refractivity contribution in [1.82, 2.24) is 20.5 Å². The van der Waals surface area contributed by atoms with Gasteiger partial charge in [0.15, 0.2) is 5.96 Å². The van der Waals surface area contributed by atoms with E-state index in [2.05, 4.69) is 63.8 Å². The van der Waals surface area contributed by atoms with Crippen LogP contribution in [0.2, 0.25) is 0 Å². The predicted octanol–water partition coefficient (Wildman–Crippen LogP) is 3.29. The van der Waals surface area contributed by atoms with Crippen LogP contribution in [0.5, 0.6) is 0 Å². The number of H-pyrrole nitrogens is 1. The number of halogens is 1. The Morgan fingerprint density at radius 3 is 2.96 bits per heavy atom. The van der Waals surface area contributed by atoms with Crippen LogP contribution >= 0.6 is 24.0 Å². The van der Waals surface area contributed by atoms with Crippen LogP contribution in [-0.4, -0.2) is 55.1 Å². The summed E-state index contributed by atoms with van der Waals surface area (Å²) in [4.78, 5) is 10.3. The van der Waals surface area contributed by atoms with Crippen molar-refractivity contribution in [1.29, 1.82) is 0 Å². The summed E-state index contributed by atoms with van der Waals surface area (Å²) < 4.78 is 0.